The number of hydrogen-bond acceptors (Lipinski definition) is 5. The fraction of sp³-hybridized carbons (Fsp3) is 0.417. The van der Waals surface area contributed by atoms with E-state index < -0.39 is 0 Å². The van der Waals surface area contributed by atoms with Crippen LogP contribution in [0.15, 0.2) is 43.0 Å². The molecule has 2 aromatic heterocycles. The van der Waals surface area contributed by atoms with E-state index in [1.807, 2.05) is 4.57 Å². The van der Waals surface area contributed by atoms with Gasteiger partial charge in [-0.05, 0) is 61.4 Å². The molecule has 1 aromatic carbocycles. The Hall–Kier alpha value is -3.31. The summed E-state index contributed by atoms with van der Waals surface area (Å²) >= 11 is 0. The minimum Gasteiger partial charge on any atom is -0.330 e. The molecule has 7 nitrogen and oxygen atoms in total. The molecule has 0 unspecified atom stereocenters. The highest BCUT2D eigenvalue weighted by Gasteiger charge is 2.37. The predicted molar refractivity (Wildman–Crippen MR) is 114 cm³/mol. The highest BCUT2D eigenvalue weighted by Crippen LogP contribution is 2.36. The van der Waals surface area contributed by atoms with Crippen LogP contribution in [0, 0.1) is 29.0 Å². The second-order valence-electron chi connectivity index (χ2n) is 8.67. The first-order valence-electron chi connectivity index (χ1n) is 11.0. The molecular weight excluding hydrogens is 409 g/mol. The Bertz CT molecular complexity index is 1180. The third-order valence-corrected chi connectivity index (χ3v) is 6.63. The van der Waals surface area contributed by atoms with E-state index in [0.717, 1.165) is 48.8 Å². The SMILES string of the molecule is N#Cc1cncc([C@@H]2CCON2C(=O)C2CCC(Cn3cnc4ccc(F)cc43)CC2)c1. The fourth-order valence-corrected chi connectivity index (χ4v) is 4.92. The highest BCUT2D eigenvalue weighted by molar-refractivity contribution is 5.78. The van der Waals surface area contributed by atoms with E-state index in [0.29, 0.717) is 24.5 Å². The number of rotatable bonds is 4. The zero-order valence-electron chi connectivity index (χ0n) is 17.7. The number of halogens is 1. The minimum atomic E-state index is -0.260. The average molecular weight is 433 g/mol. The van der Waals surface area contributed by atoms with E-state index in [4.69, 9.17) is 10.1 Å². The summed E-state index contributed by atoms with van der Waals surface area (Å²) in [6, 6.07) is 8.33. The van der Waals surface area contributed by atoms with Crippen LogP contribution >= 0.6 is 0 Å². The zero-order valence-corrected chi connectivity index (χ0v) is 17.7. The lowest BCUT2D eigenvalue weighted by Crippen LogP contribution is -2.37. The van der Waals surface area contributed by atoms with Gasteiger partial charge in [0.25, 0.3) is 0 Å². The van der Waals surface area contributed by atoms with Crippen LogP contribution in [0.5, 0.6) is 0 Å². The summed E-state index contributed by atoms with van der Waals surface area (Å²) in [5.74, 6) is 0.107. The van der Waals surface area contributed by atoms with Crippen molar-refractivity contribution in [3.05, 3.63) is 59.9 Å². The van der Waals surface area contributed by atoms with Crippen molar-refractivity contribution in [2.24, 2.45) is 11.8 Å². The average Bonchev–Trinajstić information content (AvgIpc) is 3.47. The van der Waals surface area contributed by atoms with Crippen molar-refractivity contribution < 1.29 is 14.0 Å². The second kappa shape index (κ2) is 8.67. The molecule has 0 bridgehead atoms. The third kappa shape index (κ3) is 3.96. The molecule has 1 amide bonds. The van der Waals surface area contributed by atoms with Crippen molar-refractivity contribution in [3.8, 4) is 6.07 Å². The lowest BCUT2D eigenvalue weighted by molar-refractivity contribution is -0.183. The molecule has 0 N–H and O–H groups in total. The minimum absolute atomic E-state index is 0.0171. The first-order valence-corrected chi connectivity index (χ1v) is 11.0. The van der Waals surface area contributed by atoms with Crippen LogP contribution in [0.3, 0.4) is 0 Å². The number of carbonyl (C=O) groups excluding carboxylic acids is 1. The maximum Gasteiger partial charge on any atom is 0.249 e. The number of nitrogens with zero attached hydrogens (tertiary/aromatic N) is 5. The molecule has 32 heavy (non-hydrogen) atoms. The quantitative estimate of drug-likeness (QED) is 0.617. The molecule has 1 saturated heterocycles. The number of benzene rings is 1. The fourth-order valence-electron chi connectivity index (χ4n) is 4.92. The third-order valence-electron chi connectivity index (χ3n) is 6.63. The van der Waals surface area contributed by atoms with E-state index in [-0.39, 0.29) is 23.7 Å². The van der Waals surface area contributed by atoms with Gasteiger partial charge in [-0.2, -0.15) is 5.26 Å². The molecular formula is C24H24FN5O2. The highest BCUT2D eigenvalue weighted by atomic mass is 19.1. The molecule has 1 aliphatic heterocycles. The predicted octanol–water partition coefficient (Wildman–Crippen LogP) is 4.15. The summed E-state index contributed by atoms with van der Waals surface area (Å²) in [4.78, 5) is 27.4. The van der Waals surface area contributed by atoms with Gasteiger partial charge in [0.05, 0.1) is 35.6 Å². The first kappa shape index (κ1) is 20.6. The van der Waals surface area contributed by atoms with Crippen molar-refractivity contribution >= 4 is 16.9 Å². The zero-order chi connectivity index (χ0) is 22.1. The van der Waals surface area contributed by atoms with Crippen molar-refractivity contribution in [3.63, 3.8) is 0 Å². The Balaban J connectivity index is 1.22. The Morgan fingerprint density at radius 2 is 2.03 bits per heavy atom. The van der Waals surface area contributed by atoms with Gasteiger partial charge in [-0.25, -0.2) is 14.4 Å². The van der Waals surface area contributed by atoms with Gasteiger partial charge in [-0.1, -0.05) is 0 Å². The van der Waals surface area contributed by atoms with Gasteiger partial charge in [-0.3, -0.25) is 14.6 Å². The van der Waals surface area contributed by atoms with Crippen LogP contribution in [-0.2, 0) is 16.2 Å². The number of aromatic nitrogens is 3. The van der Waals surface area contributed by atoms with Gasteiger partial charge in [0, 0.05) is 31.3 Å². The van der Waals surface area contributed by atoms with Gasteiger partial charge < -0.3 is 4.57 Å². The smallest absolute Gasteiger partial charge is 0.249 e. The number of amides is 1. The van der Waals surface area contributed by atoms with Crippen molar-refractivity contribution in [1.82, 2.24) is 19.6 Å². The topological polar surface area (TPSA) is 84.0 Å². The van der Waals surface area contributed by atoms with E-state index in [1.54, 1.807) is 24.7 Å². The summed E-state index contributed by atoms with van der Waals surface area (Å²) in [5, 5.41) is 10.7. The Morgan fingerprint density at radius 3 is 2.84 bits per heavy atom. The van der Waals surface area contributed by atoms with Crippen molar-refractivity contribution in [2.45, 2.75) is 44.7 Å². The Labute approximate surface area is 185 Å². The van der Waals surface area contributed by atoms with Gasteiger partial charge in [-0.15, -0.1) is 0 Å². The monoisotopic (exact) mass is 433 g/mol. The Morgan fingerprint density at radius 1 is 1.19 bits per heavy atom. The van der Waals surface area contributed by atoms with E-state index >= 15 is 0 Å². The van der Waals surface area contributed by atoms with Crippen LogP contribution < -0.4 is 0 Å². The first-order chi connectivity index (χ1) is 15.6. The molecule has 1 saturated carbocycles. The number of hydroxylamine groups is 2. The van der Waals surface area contributed by atoms with Crippen LogP contribution in [0.1, 0.15) is 49.3 Å². The van der Waals surface area contributed by atoms with Crippen LogP contribution in [0.4, 0.5) is 4.39 Å². The second-order valence-corrected chi connectivity index (χ2v) is 8.67. The molecule has 2 aliphatic rings. The van der Waals surface area contributed by atoms with Crippen molar-refractivity contribution in [2.75, 3.05) is 6.61 Å². The molecule has 164 valence electrons. The molecule has 2 fully saturated rings. The number of fused-ring (bicyclic) bond motifs is 1. The van der Waals surface area contributed by atoms with Crippen LogP contribution in [-0.4, -0.2) is 32.1 Å². The lowest BCUT2D eigenvalue weighted by atomic mass is 9.81. The molecule has 5 rings (SSSR count). The molecule has 3 heterocycles. The molecule has 0 spiro atoms. The summed E-state index contributed by atoms with van der Waals surface area (Å²) < 4.78 is 15.7. The maximum atomic E-state index is 13.6. The number of pyridine rings is 1. The van der Waals surface area contributed by atoms with Gasteiger partial charge in [0.1, 0.15) is 11.9 Å². The molecule has 1 aliphatic carbocycles. The van der Waals surface area contributed by atoms with Crippen molar-refractivity contribution in [1.29, 1.82) is 5.26 Å². The van der Waals surface area contributed by atoms with E-state index in [1.165, 1.54) is 23.4 Å². The summed E-state index contributed by atoms with van der Waals surface area (Å²) in [7, 11) is 0. The lowest BCUT2D eigenvalue weighted by Gasteiger charge is -2.32. The summed E-state index contributed by atoms with van der Waals surface area (Å²) in [6.45, 7) is 1.25. The number of imidazole rings is 1. The number of nitriles is 1. The normalized spacial score (nSPS) is 23.4. The van der Waals surface area contributed by atoms with E-state index in [2.05, 4.69) is 16.0 Å². The standard InChI is InChI=1S/C24H24FN5O2/c25-20-5-6-21-23(10-20)29(15-28-21)14-16-1-3-18(4-2-16)24(31)30-22(7-8-32-30)19-9-17(11-26)12-27-13-19/h5-6,9-10,12-13,15-16,18,22H,1-4,7-8,14H2/t16?,18?,22-/m0/s1. The van der Waals surface area contributed by atoms with Crippen LogP contribution in [0.2, 0.25) is 0 Å². The van der Waals surface area contributed by atoms with Gasteiger partial charge in [0.2, 0.25) is 5.91 Å². The van der Waals surface area contributed by atoms with Gasteiger partial charge in [0.15, 0.2) is 0 Å². The summed E-state index contributed by atoms with van der Waals surface area (Å²) in [5.41, 5.74) is 2.92. The van der Waals surface area contributed by atoms with Crippen LogP contribution in [0.25, 0.3) is 11.0 Å². The summed E-state index contributed by atoms with van der Waals surface area (Å²) in [6.07, 6.45) is 9.14. The maximum absolute atomic E-state index is 13.6. The largest absolute Gasteiger partial charge is 0.330 e. The molecule has 8 heteroatoms. The molecule has 0 radical (unpaired) electrons. The Kier molecular flexibility index (Phi) is 5.58. The molecule has 1 atom stereocenters. The number of hydrogen-bond donors (Lipinski definition) is 0. The number of carbonyl (C=O) groups is 1. The van der Waals surface area contributed by atoms with Gasteiger partial charge >= 0.3 is 0 Å². The molecule has 3 aromatic rings. The van der Waals surface area contributed by atoms with E-state index in [9.17, 15) is 9.18 Å².